The molecule has 0 unspecified atom stereocenters. The lowest BCUT2D eigenvalue weighted by atomic mass is 10.4. The molecule has 1 heterocycles. The van der Waals surface area contributed by atoms with Crippen molar-refractivity contribution in [3.05, 3.63) is 18.0 Å². The van der Waals surface area contributed by atoms with E-state index in [1.165, 1.54) is 14.1 Å². The molecule has 1 amide bonds. The average molecular weight is 299 g/mol. The number of aromatic nitrogens is 1. The van der Waals surface area contributed by atoms with Crippen molar-refractivity contribution in [3.63, 3.8) is 0 Å². The number of hydrogen-bond acceptors (Lipinski definition) is 3. The zero-order valence-electron chi connectivity index (χ0n) is 10.1. The van der Waals surface area contributed by atoms with Gasteiger partial charge in [-0.2, -0.15) is 13.2 Å². The Hall–Kier alpha value is -1.55. The molecular weight excluding hydrogens is 287 g/mol. The number of hydrogen-bond donors (Lipinski definition) is 2. The van der Waals surface area contributed by atoms with Gasteiger partial charge in [-0.05, 0) is 6.07 Å². The second-order valence-electron chi connectivity index (χ2n) is 3.83. The van der Waals surface area contributed by atoms with Crippen LogP contribution in [0.3, 0.4) is 0 Å². The van der Waals surface area contributed by atoms with Crippen molar-refractivity contribution in [1.29, 1.82) is 0 Å². The molecule has 0 saturated heterocycles. The minimum Gasteiger partial charge on any atom is -0.356 e. The largest absolute Gasteiger partial charge is 0.405 e. The van der Waals surface area contributed by atoms with Gasteiger partial charge >= 0.3 is 6.18 Å². The van der Waals surface area contributed by atoms with Crippen molar-refractivity contribution in [2.75, 3.05) is 20.6 Å². The Morgan fingerprint density at radius 1 is 1.42 bits per heavy atom. The number of carbonyl (C=O) groups is 1. The Morgan fingerprint density at radius 2 is 2.00 bits per heavy atom. The van der Waals surface area contributed by atoms with E-state index in [2.05, 4.69) is 4.98 Å². The van der Waals surface area contributed by atoms with Gasteiger partial charge in [0, 0.05) is 20.3 Å². The van der Waals surface area contributed by atoms with Crippen LogP contribution < -0.4 is 5.32 Å². The van der Waals surface area contributed by atoms with Crippen molar-refractivity contribution in [3.8, 4) is 0 Å². The first-order valence-corrected chi connectivity index (χ1v) is 6.44. The zero-order chi connectivity index (χ0) is 14.8. The number of sulfonamides is 1. The third kappa shape index (κ3) is 3.96. The zero-order valence-corrected chi connectivity index (χ0v) is 10.9. The van der Waals surface area contributed by atoms with Crippen molar-refractivity contribution in [2.24, 2.45) is 0 Å². The summed E-state index contributed by atoms with van der Waals surface area (Å²) in [5.74, 6) is -1.03. The second-order valence-corrected chi connectivity index (χ2v) is 5.99. The van der Waals surface area contributed by atoms with Crippen molar-refractivity contribution in [2.45, 2.75) is 11.1 Å². The monoisotopic (exact) mass is 299 g/mol. The molecular formula is C9H12F3N3O3S. The van der Waals surface area contributed by atoms with Gasteiger partial charge in [-0.25, -0.2) is 12.7 Å². The van der Waals surface area contributed by atoms with Crippen LogP contribution in [0.25, 0.3) is 0 Å². The number of carbonyl (C=O) groups excluding carboxylic acids is 1. The van der Waals surface area contributed by atoms with Crippen LogP contribution >= 0.6 is 0 Å². The predicted octanol–water partition coefficient (Wildman–Crippen LogP) is 0.557. The van der Waals surface area contributed by atoms with Crippen molar-refractivity contribution < 1.29 is 26.4 Å². The number of alkyl halides is 3. The highest BCUT2D eigenvalue weighted by Crippen LogP contribution is 2.15. The maximum Gasteiger partial charge on any atom is 0.405 e. The standard InChI is InChI=1S/C9H12F3N3O3S/c1-15(2)19(17,18)6-3-7(13-4-6)8(16)14-5-9(10,11)12/h3-4,13H,5H2,1-2H3,(H,14,16). The highest BCUT2D eigenvalue weighted by atomic mass is 32.2. The molecule has 0 fully saturated rings. The first-order chi connectivity index (χ1) is 8.54. The number of H-pyrrole nitrogens is 1. The van der Waals surface area contributed by atoms with E-state index in [4.69, 9.17) is 0 Å². The lowest BCUT2D eigenvalue weighted by molar-refractivity contribution is -0.123. The number of rotatable bonds is 4. The molecule has 0 atom stereocenters. The lowest BCUT2D eigenvalue weighted by Gasteiger charge is -2.08. The van der Waals surface area contributed by atoms with Gasteiger partial charge < -0.3 is 10.3 Å². The van der Waals surface area contributed by atoms with E-state index >= 15 is 0 Å². The van der Waals surface area contributed by atoms with E-state index in [0.29, 0.717) is 0 Å². The fraction of sp³-hybridized carbons (Fsp3) is 0.444. The molecule has 1 aromatic heterocycles. The molecule has 1 rings (SSSR count). The van der Waals surface area contributed by atoms with E-state index in [1.807, 2.05) is 0 Å². The summed E-state index contributed by atoms with van der Waals surface area (Å²) in [7, 11) is -1.14. The third-order valence-corrected chi connectivity index (χ3v) is 3.92. The second kappa shape index (κ2) is 5.21. The topological polar surface area (TPSA) is 82.3 Å². The number of amides is 1. The quantitative estimate of drug-likeness (QED) is 0.852. The van der Waals surface area contributed by atoms with Crippen LogP contribution in [-0.4, -0.2) is 50.4 Å². The van der Waals surface area contributed by atoms with E-state index < -0.39 is 28.7 Å². The van der Waals surface area contributed by atoms with E-state index in [9.17, 15) is 26.4 Å². The summed E-state index contributed by atoms with van der Waals surface area (Å²) in [6.07, 6.45) is -3.49. The maximum atomic E-state index is 11.9. The molecule has 0 aliphatic rings. The number of nitrogens with zero attached hydrogens (tertiary/aromatic N) is 1. The van der Waals surface area contributed by atoms with Crippen LogP contribution in [0.5, 0.6) is 0 Å². The predicted molar refractivity (Wildman–Crippen MR) is 60.1 cm³/mol. The molecule has 6 nitrogen and oxygen atoms in total. The van der Waals surface area contributed by atoms with Crippen LogP contribution in [0.2, 0.25) is 0 Å². The van der Waals surface area contributed by atoms with Crippen LogP contribution in [0.15, 0.2) is 17.2 Å². The molecule has 0 spiro atoms. The molecule has 0 aliphatic carbocycles. The van der Waals surface area contributed by atoms with Crippen LogP contribution in [0.1, 0.15) is 10.5 Å². The fourth-order valence-electron chi connectivity index (χ4n) is 1.14. The minimum atomic E-state index is -4.53. The van der Waals surface area contributed by atoms with Gasteiger partial charge in [0.15, 0.2) is 0 Å². The van der Waals surface area contributed by atoms with Gasteiger partial charge in [0.2, 0.25) is 10.0 Å². The normalized spacial score (nSPS) is 12.7. The summed E-state index contributed by atoms with van der Waals surface area (Å²) in [5, 5.41) is 1.63. The molecule has 19 heavy (non-hydrogen) atoms. The number of halogens is 3. The van der Waals surface area contributed by atoms with Gasteiger partial charge in [0.1, 0.15) is 17.1 Å². The molecule has 108 valence electrons. The van der Waals surface area contributed by atoms with Crippen LogP contribution in [-0.2, 0) is 10.0 Å². The fourth-order valence-corrected chi connectivity index (χ4v) is 2.04. The van der Waals surface area contributed by atoms with Crippen LogP contribution in [0.4, 0.5) is 13.2 Å². The lowest BCUT2D eigenvalue weighted by Crippen LogP contribution is -2.33. The SMILES string of the molecule is CN(C)S(=O)(=O)c1c[nH]c(C(=O)NCC(F)(F)F)c1. The first-order valence-electron chi connectivity index (χ1n) is 5.00. The van der Waals surface area contributed by atoms with Gasteiger partial charge in [0.05, 0.1) is 0 Å². The molecule has 0 aliphatic heterocycles. The summed E-state index contributed by atoms with van der Waals surface area (Å²) in [6, 6.07) is 0.973. The molecule has 0 aromatic carbocycles. The summed E-state index contributed by atoms with van der Waals surface area (Å²) in [4.78, 5) is 13.5. The molecule has 0 radical (unpaired) electrons. The van der Waals surface area contributed by atoms with Gasteiger partial charge in [-0.15, -0.1) is 0 Å². The average Bonchev–Trinajstić information content (AvgIpc) is 2.74. The Bertz CT molecular complexity index is 563. The van der Waals surface area contributed by atoms with E-state index in [0.717, 1.165) is 16.6 Å². The summed E-state index contributed by atoms with van der Waals surface area (Å²) in [5.41, 5.74) is -0.260. The minimum absolute atomic E-state index is 0.199. The molecule has 0 saturated carbocycles. The highest BCUT2D eigenvalue weighted by molar-refractivity contribution is 7.89. The van der Waals surface area contributed by atoms with Crippen molar-refractivity contribution in [1.82, 2.24) is 14.6 Å². The van der Waals surface area contributed by atoms with Crippen molar-refractivity contribution >= 4 is 15.9 Å². The van der Waals surface area contributed by atoms with Gasteiger partial charge in [0.25, 0.3) is 5.91 Å². The smallest absolute Gasteiger partial charge is 0.356 e. The Morgan fingerprint density at radius 3 is 2.47 bits per heavy atom. The van der Waals surface area contributed by atoms with E-state index in [1.54, 1.807) is 5.32 Å². The van der Waals surface area contributed by atoms with Gasteiger partial charge in [-0.3, -0.25) is 4.79 Å². The Balaban J connectivity index is 2.84. The van der Waals surface area contributed by atoms with Gasteiger partial charge in [-0.1, -0.05) is 0 Å². The third-order valence-electron chi connectivity index (χ3n) is 2.13. The molecule has 1 aromatic rings. The molecule has 0 bridgehead atoms. The Kier molecular flexibility index (Phi) is 4.25. The number of nitrogens with one attached hydrogen (secondary N) is 2. The van der Waals surface area contributed by atoms with Crippen LogP contribution in [0, 0.1) is 0 Å². The Labute approximate surface area is 107 Å². The molecule has 10 heteroatoms. The summed E-state index contributed by atoms with van der Waals surface area (Å²) >= 11 is 0. The summed E-state index contributed by atoms with van der Waals surface area (Å²) in [6.45, 7) is -1.49. The summed E-state index contributed by atoms with van der Waals surface area (Å²) < 4.78 is 60.0. The first kappa shape index (κ1) is 15.5. The molecule has 2 N–H and O–H groups in total. The highest BCUT2D eigenvalue weighted by Gasteiger charge is 2.28. The maximum absolute atomic E-state index is 11.9. The number of aromatic amines is 1. The van der Waals surface area contributed by atoms with E-state index in [-0.39, 0.29) is 10.6 Å².